The van der Waals surface area contributed by atoms with Gasteiger partial charge in [-0.15, -0.1) is 11.8 Å². The van der Waals surface area contributed by atoms with Gasteiger partial charge in [0.15, 0.2) is 5.13 Å². The van der Waals surface area contributed by atoms with E-state index in [1.54, 1.807) is 0 Å². The lowest BCUT2D eigenvalue weighted by Gasteiger charge is -2.49. The molecule has 1 aromatic rings. The summed E-state index contributed by atoms with van der Waals surface area (Å²) in [5, 5.41) is 15.2. The summed E-state index contributed by atoms with van der Waals surface area (Å²) in [5.74, 6) is -4.16. The van der Waals surface area contributed by atoms with Crippen LogP contribution in [0.25, 0.3) is 0 Å². The number of carboxylic acid groups (broad SMARTS) is 1. The Morgan fingerprint density at radius 2 is 2.09 bits per heavy atom. The number of aromatic nitrogens is 2. The lowest BCUT2D eigenvalue weighted by Crippen LogP contribution is -2.71. The standard InChI is InChI=1S/C18H20N6O9S2/c1-7(25)3-9(26)32-4-8-5-34-16-11(15(28)24(16)12(8)17(29)30)20-14(27)10(22-33-6-31-2)13-21-18(19)35-23-13/h11,16H,3-6H2,1-2H3,(H,20,27)(H,29,30)(H2,19,21,23)/b22-10-/t11-,16-/m1/s1. The van der Waals surface area contributed by atoms with Crippen LogP contribution in [0.5, 0.6) is 0 Å². The van der Waals surface area contributed by atoms with E-state index in [1.165, 1.54) is 25.8 Å². The summed E-state index contributed by atoms with van der Waals surface area (Å²) < 4.78 is 13.6. The number of oxime groups is 1. The first-order chi connectivity index (χ1) is 16.6. The first-order valence-electron chi connectivity index (χ1n) is 9.78. The fourth-order valence-corrected chi connectivity index (χ4v) is 4.85. The number of nitrogens with one attached hydrogen (secondary N) is 1. The molecular weight excluding hydrogens is 508 g/mol. The number of carbonyl (C=O) groups is 5. The average molecular weight is 529 g/mol. The first-order valence-corrected chi connectivity index (χ1v) is 11.6. The van der Waals surface area contributed by atoms with E-state index in [1.807, 2.05) is 0 Å². The zero-order valence-corrected chi connectivity index (χ0v) is 20.0. The van der Waals surface area contributed by atoms with Crippen molar-refractivity contribution in [2.24, 2.45) is 5.16 Å². The molecule has 1 aromatic heterocycles. The quantitative estimate of drug-likeness (QED) is 0.0580. The van der Waals surface area contributed by atoms with Gasteiger partial charge < -0.3 is 30.5 Å². The number of nitrogen functional groups attached to an aromatic ring is 1. The molecule has 2 aliphatic heterocycles. The molecule has 188 valence electrons. The van der Waals surface area contributed by atoms with Crippen molar-refractivity contribution in [1.29, 1.82) is 0 Å². The minimum Gasteiger partial charge on any atom is -0.477 e. The molecule has 2 aliphatic rings. The summed E-state index contributed by atoms with van der Waals surface area (Å²) in [4.78, 5) is 70.0. The van der Waals surface area contributed by atoms with E-state index in [9.17, 15) is 29.1 Å². The van der Waals surface area contributed by atoms with Crippen molar-refractivity contribution in [2.45, 2.75) is 24.8 Å². The highest BCUT2D eigenvalue weighted by atomic mass is 32.2. The first kappa shape index (κ1) is 26.0. The lowest BCUT2D eigenvalue weighted by molar-refractivity contribution is -0.150. The van der Waals surface area contributed by atoms with Crippen molar-refractivity contribution in [3.63, 3.8) is 0 Å². The maximum atomic E-state index is 12.8. The third kappa shape index (κ3) is 5.92. The second-order valence-electron chi connectivity index (χ2n) is 7.09. The van der Waals surface area contributed by atoms with E-state index in [0.717, 1.165) is 16.4 Å². The number of anilines is 1. The maximum absolute atomic E-state index is 12.8. The van der Waals surface area contributed by atoms with E-state index < -0.39 is 54.0 Å². The third-order valence-electron chi connectivity index (χ3n) is 4.53. The number of carboxylic acids is 1. The Morgan fingerprint density at radius 1 is 1.34 bits per heavy atom. The molecule has 17 heteroatoms. The van der Waals surface area contributed by atoms with Crippen molar-refractivity contribution < 1.29 is 43.4 Å². The summed E-state index contributed by atoms with van der Waals surface area (Å²) in [6, 6.07) is -1.08. The number of hydrogen-bond acceptors (Lipinski definition) is 14. The zero-order valence-electron chi connectivity index (χ0n) is 18.4. The van der Waals surface area contributed by atoms with Crippen LogP contribution in [0.15, 0.2) is 16.4 Å². The molecule has 3 rings (SSSR count). The van der Waals surface area contributed by atoms with Crippen molar-refractivity contribution in [1.82, 2.24) is 19.6 Å². The third-order valence-corrected chi connectivity index (χ3v) is 6.41. The predicted molar refractivity (Wildman–Crippen MR) is 120 cm³/mol. The molecule has 0 bridgehead atoms. The maximum Gasteiger partial charge on any atom is 0.352 e. The summed E-state index contributed by atoms with van der Waals surface area (Å²) in [5.41, 5.74) is 5.05. The number of β-lactam (4-membered cyclic amide) rings is 1. The molecule has 35 heavy (non-hydrogen) atoms. The molecular formula is C18H20N6O9S2. The molecule has 2 atom stereocenters. The minimum absolute atomic E-state index is 0.0775. The minimum atomic E-state index is -1.40. The molecule has 15 nitrogen and oxygen atoms in total. The van der Waals surface area contributed by atoms with Gasteiger partial charge in [0.2, 0.25) is 18.3 Å². The number of ether oxygens (including phenoxy) is 2. The molecule has 0 aromatic carbocycles. The number of methoxy groups -OCH3 is 1. The van der Waals surface area contributed by atoms with E-state index in [4.69, 9.17) is 20.0 Å². The molecule has 1 fully saturated rings. The number of Topliss-reactive ketones (excluding diaryl/α,β-unsaturated/α-hetero) is 1. The van der Waals surface area contributed by atoms with E-state index in [0.29, 0.717) is 0 Å². The van der Waals surface area contributed by atoms with Gasteiger partial charge in [-0.3, -0.25) is 24.1 Å². The number of fused-ring (bicyclic) bond motifs is 1. The Morgan fingerprint density at radius 3 is 2.69 bits per heavy atom. The van der Waals surface area contributed by atoms with Crippen LogP contribution in [-0.4, -0.2) is 92.3 Å². The smallest absolute Gasteiger partial charge is 0.352 e. The van der Waals surface area contributed by atoms with Gasteiger partial charge in [-0.1, -0.05) is 5.16 Å². The topological polar surface area (TPSA) is 213 Å². The molecule has 0 saturated carbocycles. The lowest BCUT2D eigenvalue weighted by atomic mass is 10.0. The second-order valence-corrected chi connectivity index (χ2v) is 8.98. The Kier molecular flexibility index (Phi) is 8.36. The van der Waals surface area contributed by atoms with Gasteiger partial charge in [0.25, 0.3) is 11.8 Å². The van der Waals surface area contributed by atoms with Crippen molar-refractivity contribution in [3.05, 3.63) is 17.1 Å². The van der Waals surface area contributed by atoms with E-state index >= 15 is 0 Å². The van der Waals surface area contributed by atoms with Crippen LogP contribution in [0.1, 0.15) is 19.2 Å². The highest BCUT2D eigenvalue weighted by molar-refractivity contribution is 8.00. The monoisotopic (exact) mass is 528 g/mol. The molecule has 0 radical (unpaired) electrons. The van der Waals surface area contributed by atoms with Crippen LogP contribution in [-0.2, 0) is 38.3 Å². The number of nitrogens with zero attached hydrogens (tertiary/aromatic N) is 4. The van der Waals surface area contributed by atoms with Gasteiger partial charge >= 0.3 is 11.9 Å². The van der Waals surface area contributed by atoms with Crippen LogP contribution in [0.3, 0.4) is 0 Å². The molecule has 0 unspecified atom stereocenters. The summed E-state index contributed by atoms with van der Waals surface area (Å²) in [7, 11) is 1.35. The highest BCUT2D eigenvalue weighted by Crippen LogP contribution is 2.40. The molecule has 1 saturated heterocycles. The van der Waals surface area contributed by atoms with Gasteiger partial charge in [-0.2, -0.15) is 9.36 Å². The highest BCUT2D eigenvalue weighted by Gasteiger charge is 2.54. The van der Waals surface area contributed by atoms with E-state index in [2.05, 4.69) is 19.8 Å². The van der Waals surface area contributed by atoms with Crippen LogP contribution in [0, 0.1) is 0 Å². The number of aliphatic carboxylic acids is 1. The van der Waals surface area contributed by atoms with Gasteiger partial charge in [0, 0.05) is 30.0 Å². The average Bonchev–Trinajstić information content (AvgIpc) is 3.23. The van der Waals surface area contributed by atoms with Crippen LogP contribution in [0.4, 0.5) is 5.13 Å². The van der Waals surface area contributed by atoms with Crippen LogP contribution < -0.4 is 11.1 Å². The number of hydrogen-bond donors (Lipinski definition) is 3. The summed E-state index contributed by atoms with van der Waals surface area (Å²) >= 11 is 1.99. The number of carbonyl (C=O) groups excluding carboxylic acids is 4. The Hall–Kier alpha value is -3.57. The molecule has 2 amide bonds. The summed E-state index contributed by atoms with van der Waals surface area (Å²) in [6.07, 6.45) is -0.445. The number of amides is 2. The fraction of sp³-hybridized carbons (Fsp3) is 0.444. The zero-order chi connectivity index (χ0) is 25.7. The second kappa shape index (κ2) is 11.2. The molecule has 3 heterocycles. The van der Waals surface area contributed by atoms with Gasteiger partial charge in [-0.25, -0.2) is 4.79 Å². The Bertz CT molecular complexity index is 1120. The largest absolute Gasteiger partial charge is 0.477 e. The van der Waals surface area contributed by atoms with Crippen molar-refractivity contribution >= 4 is 63.7 Å². The van der Waals surface area contributed by atoms with Crippen LogP contribution in [0.2, 0.25) is 0 Å². The number of nitrogens with two attached hydrogens (primary N) is 1. The van der Waals surface area contributed by atoms with Gasteiger partial charge in [0.05, 0.1) is 0 Å². The number of thioether (sulfide) groups is 1. The van der Waals surface area contributed by atoms with Gasteiger partial charge in [0.1, 0.15) is 35.9 Å². The molecule has 4 N–H and O–H groups in total. The SMILES string of the molecule is COCO/N=C(\C(=O)N[C@@H]1C(=O)N2C(C(=O)O)=C(COC(=O)CC(C)=O)CS[C@H]12)c1nsc(N)n1. The molecule has 0 aliphatic carbocycles. The number of rotatable bonds is 11. The van der Waals surface area contributed by atoms with Gasteiger partial charge in [-0.05, 0) is 6.92 Å². The Balaban J connectivity index is 1.74. The predicted octanol–water partition coefficient (Wildman–Crippen LogP) is -1.29. The normalized spacial score (nSPS) is 19.5. The van der Waals surface area contributed by atoms with Crippen molar-refractivity contribution in [2.75, 3.05) is 32.0 Å². The number of esters is 1. The Labute approximate surface area is 205 Å². The van der Waals surface area contributed by atoms with Crippen LogP contribution >= 0.6 is 23.3 Å². The van der Waals surface area contributed by atoms with Crippen molar-refractivity contribution in [3.8, 4) is 0 Å². The molecule has 0 spiro atoms. The van der Waals surface area contributed by atoms with E-state index in [-0.39, 0.29) is 40.5 Å². The fourth-order valence-electron chi connectivity index (χ4n) is 3.08. The number of ketones is 1. The summed E-state index contributed by atoms with van der Waals surface area (Å²) in [6.45, 7) is 0.563.